The first-order valence-corrected chi connectivity index (χ1v) is 5.42. The predicted octanol–water partition coefficient (Wildman–Crippen LogP) is 3.10. The van der Waals surface area contributed by atoms with Crippen molar-refractivity contribution >= 4 is 17.4 Å². The first kappa shape index (κ1) is 11.0. The van der Waals surface area contributed by atoms with Gasteiger partial charge in [0.25, 0.3) is 0 Å². The summed E-state index contributed by atoms with van der Waals surface area (Å²) in [6.07, 6.45) is 4.12. The van der Waals surface area contributed by atoms with Crippen LogP contribution < -0.4 is 0 Å². The van der Waals surface area contributed by atoms with Gasteiger partial charge in [-0.05, 0) is 23.8 Å². The fourth-order valence-electron chi connectivity index (χ4n) is 1.56. The molecule has 82 valence electrons. The minimum atomic E-state index is 0.128. The van der Waals surface area contributed by atoms with Gasteiger partial charge in [-0.1, -0.05) is 23.7 Å². The third-order valence-corrected chi connectivity index (χ3v) is 2.68. The number of benzene rings is 1. The summed E-state index contributed by atoms with van der Waals surface area (Å²) in [5.74, 6) is 0.128. The van der Waals surface area contributed by atoms with Crippen LogP contribution in [0.15, 0.2) is 42.7 Å². The fraction of sp³-hybridized carbons (Fsp3) is 0.154. The molecule has 1 aromatic carbocycles. The summed E-state index contributed by atoms with van der Waals surface area (Å²) < 4.78 is 1.87. The molecule has 2 aromatic rings. The molecule has 2 nitrogen and oxygen atoms in total. The monoisotopic (exact) mass is 233 g/mol. The molecule has 2 rings (SSSR count). The zero-order chi connectivity index (χ0) is 11.5. The minimum Gasteiger partial charge on any atom is -0.357 e. The average molecular weight is 234 g/mol. The molecule has 0 aliphatic heterocycles. The van der Waals surface area contributed by atoms with Crippen LogP contribution in [0, 0.1) is 0 Å². The van der Waals surface area contributed by atoms with Crippen LogP contribution in [0.1, 0.15) is 15.9 Å². The lowest BCUT2D eigenvalue weighted by atomic mass is 10.1. The standard InChI is InChI=1S/C13H12ClNO/c1-15-7-6-11(9-15)13(16)8-10-2-4-12(14)5-3-10/h2-7,9H,8H2,1H3. The second-order valence-electron chi connectivity index (χ2n) is 3.79. The van der Waals surface area contributed by atoms with E-state index in [0.29, 0.717) is 11.4 Å². The number of rotatable bonds is 3. The van der Waals surface area contributed by atoms with Crippen LogP contribution in [0.3, 0.4) is 0 Å². The highest BCUT2D eigenvalue weighted by atomic mass is 35.5. The SMILES string of the molecule is Cn1ccc(C(=O)Cc2ccc(Cl)cc2)c1. The number of halogens is 1. The van der Waals surface area contributed by atoms with Crippen molar-refractivity contribution in [3.63, 3.8) is 0 Å². The second kappa shape index (κ2) is 4.54. The quantitative estimate of drug-likeness (QED) is 0.747. The van der Waals surface area contributed by atoms with Crippen LogP contribution in [-0.4, -0.2) is 10.4 Å². The van der Waals surface area contributed by atoms with E-state index >= 15 is 0 Å². The van der Waals surface area contributed by atoms with Crippen molar-refractivity contribution < 1.29 is 4.79 Å². The van der Waals surface area contributed by atoms with Gasteiger partial charge < -0.3 is 4.57 Å². The van der Waals surface area contributed by atoms with Gasteiger partial charge in [-0.25, -0.2) is 0 Å². The number of nitrogens with zero attached hydrogens (tertiary/aromatic N) is 1. The van der Waals surface area contributed by atoms with Crippen molar-refractivity contribution in [2.45, 2.75) is 6.42 Å². The predicted molar refractivity (Wildman–Crippen MR) is 64.9 cm³/mol. The molecule has 0 amide bonds. The summed E-state index contributed by atoms with van der Waals surface area (Å²) >= 11 is 5.78. The molecule has 0 saturated carbocycles. The van der Waals surface area contributed by atoms with Gasteiger partial charge in [-0.2, -0.15) is 0 Å². The molecule has 1 aromatic heterocycles. The summed E-state index contributed by atoms with van der Waals surface area (Å²) in [4.78, 5) is 11.9. The van der Waals surface area contributed by atoms with Crippen molar-refractivity contribution in [1.29, 1.82) is 0 Å². The summed E-state index contributed by atoms with van der Waals surface area (Å²) in [6.45, 7) is 0. The third-order valence-electron chi connectivity index (χ3n) is 2.43. The molecule has 0 fully saturated rings. The number of Topliss-reactive ketones (excluding diaryl/α,β-unsaturated/α-hetero) is 1. The maximum absolute atomic E-state index is 11.9. The van der Waals surface area contributed by atoms with Gasteiger partial charge >= 0.3 is 0 Å². The maximum Gasteiger partial charge on any atom is 0.168 e. The average Bonchev–Trinajstić information content (AvgIpc) is 2.68. The van der Waals surface area contributed by atoms with E-state index < -0.39 is 0 Å². The summed E-state index contributed by atoms with van der Waals surface area (Å²) in [6, 6.07) is 9.19. The van der Waals surface area contributed by atoms with E-state index in [0.717, 1.165) is 11.1 Å². The van der Waals surface area contributed by atoms with Crippen LogP contribution in [-0.2, 0) is 13.5 Å². The molecule has 0 radical (unpaired) electrons. The highest BCUT2D eigenvalue weighted by molar-refractivity contribution is 6.30. The Morgan fingerprint density at radius 3 is 2.50 bits per heavy atom. The van der Waals surface area contributed by atoms with E-state index in [2.05, 4.69) is 0 Å². The number of aromatic nitrogens is 1. The van der Waals surface area contributed by atoms with Gasteiger partial charge in [-0.15, -0.1) is 0 Å². The molecule has 0 bridgehead atoms. The van der Waals surface area contributed by atoms with Crippen molar-refractivity contribution in [3.05, 3.63) is 58.9 Å². The zero-order valence-corrected chi connectivity index (χ0v) is 9.74. The number of hydrogen-bond acceptors (Lipinski definition) is 1. The van der Waals surface area contributed by atoms with Gasteiger partial charge in [0.15, 0.2) is 5.78 Å². The second-order valence-corrected chi connectivity index (χ2v) is 4.23. The number of carbonyl (C=O) groups is 1. The molecular formula is C13H12ClNO. The van der Waals surface area contributed by atoms with Gasteiger partial charge in [0.05, 0.1) is 0 Å². The van der Waals surface area contributed by atoms with E-state index in [1.807, 2.05) is 42.2 Å². The van der Waals surface area contributed by atoms with Gasteiger partial charge in [0.1, 0.15) is 0 Å². The molecule has 1 heterocycles. The Hall–Kier alpha value is -1.54. The fourth-order valence-corrected chi connectivity index (χ4v) is 1.68. The lowest BCUT2D eigenvalue weighted by Gasteiger charge is -1.99. The number of aryl methyl sites for hydroxylation is 1. The molecule has 0 aliphatic carbocycles. The van der Waals surface area contributed by atoms with E-state index in [-0.39, 0.29) is 5.78 Å². The molecule has 0 saturated heterocycles. The lowest BCUT2D eigenvalue weighted by Crippen LogP contribution is -2.02. The molecule has 0 unspecified atom stereocenters. The Morgan fingerprint density at radius 1 is 1.25 bits per heavy atom. The normalized spacial score (nSPS) is 10.4. The van der Waals surface area contributed by atoms with E-state index in [9.17, 15) is 4.79 Å². The first-order valence-electron chi connectivity index (χ1n) is 5.05. The molecule has 0 atom stereocenters. The molecule has 16 heavy (non-hydrogen) atoms. The topological polar surface area (TPSA) is 22.0 Å². The van der Waals surface area contributed by atoms with Crippen LogP contribution in [0.25, 0.3) is 0 Å². The van der Waals surface area contributed by atoms with Crippen LogP contribution in [0.5, 0.6) is 0 Å². The number of carbonyl (C=O) groups excluding carboxylic acids is 1. The van der Waals surface area contributed by atoms with Gasteiger partial charge in [-0.3, -0.25) is 4.79 Å². The molecule has 0 aliphatic rings. The Bertz CT molecular complexity index is 499. The maximum atomic E-state index is 11.9. The molecular weight excluding hydrogens is 222 g/mol. The van der Waals surface area contributed by atoms with Crippen LogP contribution in [0.4, 0.5) is 0 Å². The third kappa shape index (κ3) is 2.52. The van der Waals surface area contributed by atoms with Crippen molar-refractivity contribution in [3.8, 4) is 0 Å². The molecule has 0 N–H and O–H groups in total. The van der Waals surface area contributed by atoms with Gasteiger partial charge in [0.2, 0.25) is 0 Å². The van der Waals surface area contributed by atoms with Crippen molar-refractivity contribution in [1.82, 2.24) is 4.57 Å². The minimum absolute atomic E-state index is 0.128. The smallest absolute Gasteiger partial charge is 0.168 e. The Morgan fingerprint density at radius 2 is 1.94 bits per heavy atom. The summed E-state index contributed by atoms with van der Waals surface area (Å²) in [5.41, 5.74) is 1.73. The largest absolute Gasteiger partial charge is 0.357 e. The van der Waals surface area contributed by atoms with Crippen molar-refractivity contribution in [2.75, 3.05) is 0 Å². The van der Waals surface area contributed by atoms with E-state index in [4.69, 9.17) is 11.6 Å². The Kier molecular flexibility index (Phi) is 3.11. The molecule has 3 heteroatoms. The summed E-state index contributed by atoms with van der Waals surface area (Å²) in [7, 11) is 1.90. The van der Waals surface area contributed by atoms with Crippen LogP contribution >= 0.6 is 11.6 Å². The first-order chi connectivity index (χ1) is 7.65. The number of hydrogen-bond donors (Lipinski definition) is 0. The van der Waals surface area contributed by atoms with E-state index in [1.165, 1.54) is 0 Å². The van der Waals surface area contributed by atoms with Crippen molar-refractivity contribution in [2.24, 2.45) is 7.05 Å². The highest BCUT2D eigenvalue weighted by Gasteiger charge is 2.07. The number of ketones is 1. The molecule has 0 spiro atoms. The van der Waals surface area contributed by atoms with Crippen LogP contribution in [0.2, 0.25) is 5.02 Å². The zero-order valence-electron chi connectivity index (χ0n) is 8.98. The van der Waals surface area contributed by atoms with Gasteiger partial charge in [0, 0.05) is 36.4 Å². The highest BCUT2D eigenvalue weighted by Crippen LogP contribution is 2.12. The van der Waals surface area contributed by atoms with E-state index in [1.54, 1.807) is 12.1 Å². The lowest BCUT2D eigenvalue weighted by molar-refractivity contribution is 0.0993. The Balaban J connectivity index is 2.10. The Labute approximate surface area is 99.5 Å². The summed E-state index contributed by atoms with van der Waals surface area (Å²) in [5, 5.41) is 0.691.